The summed E-state index contributed by atoms with van der Waals surface area (Å²) in [6.45, 7) is 4.28. The molecule has 0 amide bonds. The largest absolute Gasteiger partial charge is 0.497 e. The molecule has 0 radical (unpaired) electrons. The summed E-state index contributed by atoms with van der Waals surface area (Å²) >= 11 is 0. The van der Waals surface area contributed by atoms with E-state index in [4.69, 9.17) is 14.2 Å². The molecule has 0 N–H and O–H groups in total. The number of hydrogen-bond donors (Lipinski definition) is 0. The molecule has 0 unspecified atom stereocenters. The first-order valence-electron chi connectivity index (χ1n) is 7.46. The number of methoxy groups -OCH3 is 2. The molecule has 1 heterocycles. The zero-order chi connectivity index (χ0) is 16.7. The van der Waals surface area contributed by atoms with Crippen LogP contribution in [0.2, 0.25) is 0 Å². The van der Waals surface area contributed by atoms with Crippen LogP contribution in [0.3, 0.4) is 0 Å². The minimum absolute atomic E-state index is 0.114. The van der Waals surface area contributed by atoms with Gasteiger partial charge in [-0.05, 0) is 24.6 Å². The minimum Gasteiger partial charge on any atom is -0.497 e. The highest BCUT2D eigenvalue weighted by molar-refractivity contribution is 5.81. The second kappa shape index (κ2) is 8.50. The first-order valence-corrected chi connectivity index (χ1v) is 7.46. The van der Waals surface area contributed by atoms with E-state index in [0.717, 1.165) is 17.7 Å². The van der Waals surface area contributed by atoms with Crippen molar-refractivity contribution in [3.05, 3.63) is 54.6 Å². The van der Waals surface area contributed by atoms with E-state index in [1.165, 1.54) is 13.2 Å². The highest BCUT2D eigenvalue weighted by Crippen LogP contribution is 2.32. The zero-order valence-corrected chi connectivity index (χ0v) is 13.4. The van der Waals surface area contributed by atoms with Gasteiger partial charge in [0, 0.05) is 17.6 Å². The Morgan fingerprint density at radius 3 is 2.70 bits per heavy atom. The highest BCUT2D eigenvalue weighted by atomic mass is 16.7. The summed E-state index contributed by atoms with van der Waals surface area (Å²) in [5.41, 5.74) is 0.902. The van der Waals surface area contributed by atoms with Gasteiger partial charge in [-0.2, -0.15) is 0 Å². The Balaban J connectivity index is 2.10. The van der Waals surface area contributed by atoms with Crippen molar-refractivity contribution in [2.75, 3.05) is 20.8 Å². The Kier molecular flexibility index (Phi) is 6.38. The molecule has 1 fully saturated rings. The third-order valence-electron chi connectivity index (χ3n) is 3.69. The number of ether oxygens (including phenoxy) is 4. The molecular formula is C18H22O5. The van der Waals surface area contributed by atoms with Gasteiger partial charge in [-0.1, -0.05) is 18.2 Å². The van der Waals surface area contributed by atoms with Gasteiger partial charge < -0.3 is 18.9 Å². The van der Waals surface area contributed by atoms with E-state index in [2.05, 4.69) is 11.3 Å². The SMILES string of the molecule is C=CC[C@H]1CO[C@H](c2ccc(OC)cc2)O[C@@H]1/C=C/C(=O)OC. The van der Waals surface area contributed by atoms with Crippen molar-refractivity contribution in [1.29, 1.82) is 0 Å². The van der Waals surface area contributed by atoms with Gasteiger partial charge in [-0.3, -0.25) is 0 Å². The van der Waals surface area contributed by atoms with E-state index >= 15 is 0 Å². The van der Waals surface area contributed by atoms with Crippen LogP contribution < -0.4 is 4.74 Å². The molecule has 0 aliphatic carbocycles. The van der Waals surface area contributed by atoms with Gasteiger partial charge in [0.15, 0.2) is 6.29 Å². The predicted molar refractivity (Wildman–Crippen MR) is 86.0 cm³/mol. The lowest BCUT2D eigenvalue weighted by Crippen LogP contribution is -2.34. The molecule has 23 heavy (non-hydrogen) atoms. The number of rotatable bonds is 6. The summed E-state index contributed by atoms with van der Waals surface area (Å²) in [5.74, 6) is 0.484. The molecule has 5 heteroatoms. The maximum atomic E-state index is 11.3. The van der Waals surface area contributed by atoms with Gasteiger partial charge in [0.25, 0.3) is 0 Å². The lowest BCUT2D eigenvalue weighted by molar-refractivity contribution is -0.228. The van der Waals surface area contributed by atoms with Crippen LogP contribution in [-0.4, -0.2) is 32.9 Å². The molecule has 0 bridgehead atoms. The van der Waals surface area contributed by atoms with Crippen molar-refractivity contribution in [2.45, 2.75) is 18.8 Å². The quantitative estimate of drug-likeness (QED) is 0.458. The summed E-state index contributed by atoms with van der Waals surface area (Å²) in [5, 5.41) is 0. The van der Waals surface area contributed by atoms with E-state index in [9.17, 15) is 4.79 Å². The van der Waals surface area contributed by atoms with Crippen molar-refractivity contribution in [1.82, 2.24) is 0 Å². The molecule has 1 aromatic carbocycles. The average molecular weight is 318 g/mol. The van der Waals surface area contributed by atoms with Crippen molar-refractivity contribution in [3.63, 3.8) is 0 Å². The summed E-state index contributed by atoms with van der Waals surface area (Å²) < 4.78 is 21.6. The van der Waals surface area contributed by atoms with E-state index in [1.54, 1.807) is 13.2 Å². The van der Waals surface area contributed by atoms with Crippen molar-refractivity contribution in [2.24, 2.45) is 5.92 Å². The van der Waals surface area contributed by atoms with Crippen LogP contribution in [0.1, 0.15) is 18.3 Å². The Labute approximate surface area is 136 Å². The number of allylic oxidation sites excluding steroid dienone is 1. The summed E-state index contributed by atoms with van der Waals surface area (Å²) in [7, 11) is 2.97. The zero-order valence-electron chi connectivity index (χ0n) is 13.4. The van der Waals surface area contributed by atoms with Crippen LogP contribution >= 0.6 is 0 Å². The van der Waals surface area contributed by atoms with Crippen LogP contribution in [0.15, 0.2) is 49.1 Å². The van der Waals surface area contributed by atoms with Crippen molar-refractivity contribution >= 4 is 5.97 Å². The molecule has 1 aliphatic heterocycles. The van der Waals surface area contributed by atoms with Crippen molar-refractivity contribution in [3.8, 4) is 5.75 Å². The second-order valence-corrected chi connectivity index (χ2v) is 5.21. The van der Waals surface area contributed by atoms with E-state index < -0.39 is 12.3 Å². The smallest absolute Gasteiger partial charge is 0.330 e. The van der Waals surface area contributed by atoms with Crippen molar-refractivity contribution < 1.29 is 23.7 Å². The fourth-order valence-electron chi connectivity index (χ4n) is 2.39. The monoisotopic (exact) mass is 318 g/mol. The van der Waals surface area contributed by atoms with Gasteiger partial charge in [-0.15, -0.1) is 6.58 Å². The van der Waals surface area contributed by atoms with E-state index in [-0.39, 0.29) is 12.0 Å². The van der Waals surface area contributed by atoms with Crippen LogP contribution in [0.5, 0.6) is 5.75 Å². The first-order chi connectivity index (χ1) is 11.2. The average Bonchev–Trinajstić information content (AvgIpc) is 2.60. The third kappa shape index (κ3) is 4.68. The number of benzene rings is 1. The molecule has 0 spiro atoms. The summed E-state index contributed by atoms with van der Waals surface area (Å²) in [6.07, 6.45) is 4.95. The van der Waals surface area contributed by atoms with Crippen LogP contribution in [-0.2, 0) is 19.0 Å². The number of carbonyl (C=O) groups excluding carboxylic acids is 1. The fraction of sp³-hybridized carbons (Fsp3) is 0.389. The molecule has 1 saturated heterocycles. The van der Waals surface area contributed by atoms with E-state index in [1.807, 2.05) is 30.3 Å². The molecule has 0 aromatic heterocycles. The van der Waals surface area contributed by atoms with Gasteiger partial charge in [-0.25, -0.2) is 4.79 Å². The Morgan fingerprint density at radius 2 is 2.09 bits per heavy atom. The standard InChI is InChI=1S/C18H22O5/c1-4-5-14-12-22-18(13-6-8-15(20-2)9-7-13)23-16(14)10-11-17(19)21-3/h4,6-11,14,16,18H,1,5,12H2,2-3H3/b11-10+/t14-,16+,18-/m0/s1. The molecule has 1 aliphatic rings. The number of carbonyl (C=O) groups is 1. The minimum atomic E-state index is -0.478. The summed E-state index contributed by atoms with van der Waals surface area (Å²) in [4.78, 5) is 11.3. The maximum Gasteiger partial charge on any atom is 0.330 e. The molecule has 124 valence electrons. The second-order valence-electron chi connectivity index (χ2n) is 5.21. The highest BCUT2D eigenvalue weighted by Gasteiger charge is 2.30. The molecule has 2 rings (SSSR count). The Hall–Kier alpha value is -2.11. The Morgan fingerprint density at radius 1 is 1.35 bits per heavy atom. The van der Waals surface area contributed by atoms with Gasteiger partial charge in [0.05, 0.1) is 26.9 Å². The van der Waals surface area contributed by atoms with Gasteiger partial charge in [0.2, 0.25) is 0 Å². The molecular weight excluding hydrogens is 296 g/mol. The van der Waals surface area contributed by atoms with Gasteiger partial charge >= 0.3 is 5.97 Å². The Bertz CT molecular complexity index is 549. The lowest BCUT2D eigenvalue weighted by Gasteiger charge is -2.35. The third-order valence-corrected chi connectivity index (χ3v) is 3.69. The van der Waals surface area contributed by atoms with Crippen LogP contribution in [0.25, 0.3) is 0 Å². The number of hydrogen-bond acceptors (Lipinski definition) is 5. The molecule has 5 nitrogen and oxygen atoms in total. The van der Waals surface area contributed by atoms with Gasteiger partial charge in [0.1, 0.15) is 5.75 Å². The van der Waals surface area contributed by atoms with Crippen LogP contribution in [0.4, 0.5) is 0 Å². The number of esters is 1. The topological polar surface area (TPSA) is 54.0 Å². The summed E-state index contributed by atoms with van der Waals surface area (Å²) in [6, 6.07) is 7.52. The normalized spacial score (nSPS) is 24.3. The van der Waals surface area contributed by atoms with Crippen LogP contribution in [0, 0.1) is 5.92 Å². The molecule has 0 saturated carbocycles. The maximum absolute atomic E-state index is 11.3. The first kappa shape index (κ1) is 17.2. The predicted octanol–water partition coefficient (Wildman–Crippen LogP) is 3.03. The molecule has 1 aromatic rings. The van der Waals surface area contributed by atoms with E-state index in [0.29, 0.717) is 6.61 Å². The fourth-order valence-corrected chi connectivity index (χ4v) is 2.39. The lowest BCUT2D eigenvalue weighted by atomic mass is 9.97. The molecule has 3 atom stereocenters.